The number of hydrogen-bond acceptors (Lipinski definition) is 6. The van der Waals surface area contributed by atoms with Gasteiger partial charge >= 0.3 is 0 Å². The highest BCUT2D eigenvalue weighted by Gasteiger charge is 2.35. The topological polar surface area (TPSA) is 55.8 Å². The van der Waals surface area contributed by atoms with Gasteiger partial charge in [0.2, 0.25) is 0 Å². The molecule has 4 rings (SSSR count). The Kier molecular flexibility index (Phi) is 5.92. The normalized spacial score (nSPS) is 15.1. The van der Waals surface area contributed by atoms with Gasteiger partial charge in [0.1, 0.15) is 11.5 Å². The van der Waals surface area contributed by atoms with Crippen molar-refractivity contribution in [1.82, 2.24) is 4.90 Å². The molecular weight excluding hydrogens is 418 g/mol. The minimum absolute atomic E-state index is 0.244. The Labute approximate surface area is 182 Å². The van der Waals surface area contributed by atoms with Crippen molar-refractivity contribution in [3.05, 3.63) is 76.0 Å². The van der Waals surface area contributed by atoms with Crippen molar-refractivity contribution in [3.63, 3.8) is 0 Å². The van der Waals surface area contributed by atoms with E-state index in [0.29, 0.717) is 4.91 Å². The van der Waals surface area contributed by atoms with Crippen LogP contribution in [0.2, 0.25) is 0 Å². The van der Waals surface area contributed by atoms with Crippen LogP contribution in [0, 0.1) is 0 Å². The molecule has 1 aromatic heterocycles. The van der Waals surface area contributed by atoms with Gasteiger partial charge in [-0.1, -0.05) is 12.1 Å². The van der Waals surface area contributed by atoms with E-state index < -0.39 is 0 Å². The highest BCUT2D eigenvalue weighted by Crippen LogP contribution is 2.36. The number of benzene rings is 2. The monoisotopic (exact) mass is 437 g/mol. The van der Waals surface area contributed by atoms with Crippen molar-refractivity contribution in [2.24, 2.45) is 0 Å². The second-order valence-electron chi connectivity index (χ2n) is 6.55. The Morgan fingerprint density at radius 3 is 2.13 bits per heavy atom. The van der Waals surface area contributed by atoms with Gasteiger partial charge in [0.15, 0.2) is 0 Å². The molecule has 0 atom stereocenters. The fourth-order valence-corrected chi connectivity index (χ4v) is 4.88. The molecule has 7 heteroatoms. The smallest absolute Gasteiger partial charge is 0.293 e. The van der Waals surface area contributed by atoms with Crippen molar-refractivity contribution >= 4 is 40.3 Å². The number of rotatable bonds is 6. The minimum Gasteiger partial charge on any atom is -0.497 e. The predicted molar refractivity (Wildman–Crippen MR) is 121 cm³/mol. The Bertz CT molecular complexity index is 1100. The Balaban J connectivity index is 1.49. The zero-order valence-corrected chi connectivity index (χ0v) is 18.1. The third-order valence-electron chi connectivity index (χ3n) is 4.65. The van der Waals surface area contributed by atoms with Crippen LogP contribution in [0.25, 0.3) is 16.5 Å². The van der Waals surface area contributed by atoms with Gasteiger partial charge in [-0.3, -0.25) is 14.5 Å². The first-order valence-corrected chi connectivity index (χ1v) is 10.8. The maximum Gasteiger partial charge on any atom is 0.293 e. The molecule has 2 amide bonds. The number of thioether (sulfide) groups is 1. The molecule has 1 aliphatic rings. The molecule has 0 aliphatic carbocycles. The van der Waals surface area contributed by atoms with E-state index in [4.69, 9.17) is 9.47 Å². The molecule has 3 aromatic rings. The maximum absolute atomic E-state index is 12.8. The minimum atomic E-state index is -0.264. The summed E-state index contributed by atoms with van der Waals surface area (Å²) in [6.07, 6.45) is 1.79. The first kappa shape index (κ1) is 20.3. The molecule has 5 nitrogen and oxygen atoms in total. The fraction of sp³-hybridized carbons (Fsp3) is 0.130. The molecule has 0 radical (unpaired) electrons. The van der Waals surface area contributed by atoms with E-state index >= 15 is 0 Å². The summed E-state index contributed by atoms with van der Waals surface area (Å²) in [6.45, 7) is 0.244. The summed E-state index contributed by atoms with van der Waals surface area (Å²) in [5.74, 6) is 1.28. The van der Waals surface area contributed by atoms with Gasteiger partial charge in [-0.25, -0.2) is 0 Å². The zero-order chi connectivity index (χ0) is 21.1. The molecule has 0 unspecified atom stereocenters. The average molecular weight is 438 g/mol. The van der Waals surface area contributed by atoms with Crippen LogP contribution in [0.4, 0.5) is 4.79 Å². The van der Waals surface area contributed by atoms with Gasteiger partial charge < -0.3 is 9.47 Å². The maximum atomic E-state index is 12.8. The van der Waals surface area contributed by atoms with Crippen LogP contribution in [0.15, 0.2) is 65.6 Å². The molecule has 2 aromatic carbocycles. The van der Waals surface area contributed by atoms with Crippen LogP contribution in [-0.2, 0) is 11.3 Å². The number of amides is 2. The highest BCUT2D eigenvalue weighted by molar-refractivity contribution is 8.18. The van der Waals surface area contributed by atoms with Crippen molar-refractivity contribution < 1.29 is 19.1 Å². The van der Waals surface area contributed by atoms with E-state index in [2.05, 4.69) is 0 Å². The van der Waals surface area contributed by atoms with Crippen molar-refractivity contribution in [2.45, 2.75) is 6.54 Å². The average Bonchev–Trinajstić information content (AvgIpc) is 3.35. The molecule has 0 N–H and O–H groups in total. The molecule has 1 aliphatic heterocycles. The SMILES string of the molecule is COc1ccc(CN2C(=O)SC(=Cc3ccc(-c4ccc(OC)cc4)s3)C2=O)cc1. The van der Waals surface area contributed by atoms with Gasteiger partial charge in [-0.2, -0.15) is 0 Å². The van der Waals surface area contributed by atoms with E-state index in [-0.39, 0.29) is 17.7 Å². The number of thiophene rings is 1. The van der Waals surface area contributed by atoms with E-state index in [1.807, 2.05) is 60.7 Å². The number of carbonyl (C=O) groups excluding carboxylic acids is 2. The summed E-state index contributed by atoms with van der Waals surface area (Å²) < 4.78 is 10.3. The van der Waals surface area contributed by atoms with Gasteiger partial charge in [0.25, 0.3) is 11.1 Å². The molecule has 0 saturated carbocycles. The number of methoxy groups -OCH3 is 2. The molecule has 1 fully saturated rings. The van der Waals surface area contributed by atoms with Crippen LogP contribution in [0.1, 0.15) is 10.4 Å². The lowest BCUT2D eigenvalue weighted by Crippen LogP contribution is -2.27. The molecule has 1 saturated heterocycles. The number of imide groups is 1. The molecule has 0 spiro atoms. The number of carbonyl (C=O) groups is 2. The largest absolute Gasteiger partial charge is 0.497 e. The van der Waals surface area contributed by atoms with Crippen LogP contribution < -0.4 is 9.47 Å². The van der Waals surface area contributed by atoms with Gasteiger partial charge in [0.05, 0.1) is 25.7 Å². The van der Waals surface area contributed by atoms with E-state index in [0.717, 1.165) is 44.1 Å². The third-order valence-corrected chi connectivity index (χ3v) is 6.64. The highest BCUT2D eigenvalue weighted by atomic mass is 32.2. The number of hydrogen-bond donors (Lipinski definition) is 0. The second-order valence-corrected chi connectivity index (χ2v) is 8.65. The van der Waals surface area contributed by atoms with Gasteiger partial charge in [-0.05, 0) is 77.5 Å². The number of ether oxygens (including phenoxy) is 2. The van der Waals surface area contributed by atoms with Crippen molar-refractivity contribution in [3.8, 4) is 21.9 Å². The Morgan fingerprint density at radius 1 is 0.867 bits per heavy atom. The van der Waals surface area contributed by atoms with E-state index in [1.54, 1.807) is 31.6 Å². The molecule has 30 heavy (non-hydrogen) atoms. The lowest BCUT2D eigenvalue weighted by Gasteiger charge is -2.12. The summed E-state index contributed by atoms with van der Waals surface area (Å²) in [4.78, 5) is 28.9. The second kappa shape index (κ2) is 8.77. The number of nitrogens with zero attached hydrogens (tertiary/aromatic N) is 1. The van der Waals surface area contributed by atoms with Crippen LogP contribution in [-0.4, -0.2) is 30.3 Å². The van der Waals surface area contributed by atoms with Crippen molar-refractivity contribution in [2.75, 3.05) is 14.2 Å². The van der Waals surface area contributed by atoms with Crippen LogP contribution >= 0.6 is 23.1 Å². The van der Waals surface area contributed by atoms with Crippen molar-refractivity contribution in [1.29, 1.82) is 0 Å². The summed E-state index contributed by atoms with van der Waals surface area (Å²) in [7, 11) is 3.24. The zero-order valence-electron chi connectivity index (χ0n) is 16.5. The van der Waals surface area contributed by atoms with Crippen LogP contribution in [0.3, 0.4) is 0 Å². The predicted octanol–water partition coefficient (Wildman–Crippen LogP) is 5.67. The fourth-order valence-electron chi connectivity index (χ4n) is 3.02. The van der Waals surface area contributed by atoms with Crippen LogP contribution in [0.5, 0.6) is 11.5 Å². The van der Waals surface area contributed by atoms with Gasteiger partial charge in [0, 0.05) is 9.75 Å². The molecule has 0 bridgehead atoms. The Morgan fingerprint density at radius 2 is 1.50 bits per heavy atom. The summed E-state index contributed by atoms with van der Waals surface area (Å²) in [6, 6.07) is 19.1. The Hall–Kier alpha value is -3.03. The molecule has 2 heterocycles. The lowest BCUT2D eigenvalue weighted by molar-refractivity contribution is -0.123. The first-order valence-electron chi connectivity index (χ1n) is 9.20. The first-order chi connectivity index (χ1) is 14.6. The van der Waals surface area contributed by atoms with E-state index in [1.165, 1.54) is 4.90 Å². The van der Waals surface area contributed by atoms with Gasteiger partial charge in [-0.15, -0.1) is 11.3 Å². The standard InChI is InChI=1S/C23H19NO4S2/c1-27-17-7-3-15(4-8-17)14-24-22(25)21(30-23(24)26)13-19-11-12-20(29-19)16-5-9-18(28-2)10-6-16/h3-13H,14H2,1-2H3. The summed E-state index contributed by atoms with van der Waals surface area (Å²) >= 11 is 2.55. The molecular formula is C23H19NO4S2. The van der Waals surface area contributed by atoms with E-state index in [9.17, 15) is 9.59 Å². The molecule has 152 valence electrons. The summed E-state index contributed by atoms with van der Waals surface area (Å²) in [5.41, 5.74) is 1.95. The lowest BCUT2D eigenvalue weighted by atomic mass is 10.2. The summed E-state index contributed by atoms with van der Waals surface area (Å²) in [5, 5.41) is -0.256. The third kappa shape index (κ3) is 4.27. The quantitative estimate of drug-likeness (QED) is 0.465.